The Labute approximate surface area is 112 Å². The second kappa shape index (κ2) is 4.71. The molecule has 0 saturated carbocycles. The van der Waals surface area contributed by atoms with Crippen LogP contribution < -0.4 is 10.2 Å². The molecule has 4 heteroatoms. The van der Waals surface area contributed by atoms with Crippen LogP contribution in [-0.4, -0.2) is 25.2 Å². The minimum Gasteiger partial charge on any atom is -0.365 e. The Balaban J connectivity index is 1.87. The van der Waals surface area contributed by atoms with E-state index in [9.17, 15) is 4.39 Å². The molecule has 2 heterocycles. The van der Waals surface area contributed by atoms with Gasteiger partial charge in [0.1, 0.15) is 5.82 Å². The average molecular weight is 269 g/mol. The van der Waals surface area contributed by atoms with Gasteiger partial charge in [0.2, 0.25) is 0 Å². The predicted molar refractivity (Wildman–Crippen MR) is 72.8 cm³/mol. The van der Waals surface area contributed by atoms with Gasteiger partial charge in [0, 0.05) is 23.8 Å². The maximum absolute atomic E-state index is 13.2. The fourth-order valence-corrected chi connectivity index (χ4v) is 3.65. The number of benzene rings is 1. The monoisotopic (exact) mass is 268 g/mol. The van der Waals surface area contributed by atoms with Gasteiger partial charge in [-0.25, -0.2) is 4.39 Å². The molecule has 0 aliphatic carbocycles. The van der Waals surface area contributed by atoms with E-state index in [1.54, 1.807) is 6.07 Å². The van der Waals surface area contributed by atoms with Crippen molar-refractivity contribution in [3.05, 3.63) is 29.0 Å². The van der Waals surface area contributed by atoms with Crippen molar-refractivity contribution in [1.82, 2.24) is 5.32 Å². The second-order valence-corrected chi connectivity index (χ2v) is 5.75. The third-order valence-electron chi connectivity index (χ3n) is 4.34. The summed E-state index contributed by atoms with van der Waals surface area (Å²) in [5, 5.41) is 3.61. The van der Waals surface area contributed by atoms with Crippen LogP contribution >= 0.6 is 11.6 Å². The maximum Gasteiger partial charge on any atom is 0.141 e. The summed E-state index contributed by atoms with van der Waals surface area (Å²) in [6, 6.07) is 6.86. The lowest BCUT2D eigenvalue weighted by atomic mass is 9.97. The molecule has 18 heavy (non-hydrogen) atoms. The van der Waals surface area contributed by atoms with Gasteiger partial charge >= 0.3 is 0 Å². The molecule has 0 spiro atoms. The number of rotatable bonds is 2. The molecule has 2 saturated heterocycles. The van der Waals surface area contributed by atoms with Crippen LogP contribution in [0.4, 0.5) is 10.1 Å². The maximum atomic E-state index is 13.2. The highest BCUT2D eigenvalue weighted by molar-refractivity contribution is 6.31. The number of halogens is 2. The Bertz CT molecular complexity index is 437. The lowest BCUT2D eigenvalue weighted by Crippen LogP contribution is -2.48. The van der Waals surface area contributed by atoms with Crippen molar-refractivity contribution < 1.29 is 4.39 Å². The Morgan fingerprint density at radius 2 is 1.94 bits per heavy atom. The molecule has 2 aliphatic rings. The third-order valence-corrected chi connectivity index (χ3v) is 4.63. The van der Waals surface area contributed by atoms with Crippen molar-refractivity contribution in [2.75, 3.05) is 11.9 Å². The van der Waals surface area contributed by atoms with E-state index in [-0.39, 0.29) is 10.8 Å². The van der Waals surface area contributed by atoms with Gasteiger partial charge in [-0.1, -0.05) is 11.6 Å². The van der Waals surface area contributed by atoms with Crippen LogP contribution in [0.15, 0.2) is 18.2 Å². The summed E-state index contributed by atoms with van der Waals surface area (Å²) in [6.07, 6.45) is 4.81. The van der Waals surface area contributed by atoms with Crippen molar-refractivity contribution in [2.24, 2.45) is 0 Å². The molecule has 0 radical (unpaired) electrons. The second-order valence-electron chi connectivity index (χ2n) is 5.35. The third kappa shape index (κ3) is 1.99. The molecule has 2 fully saturated rings. The van der Waals surface area contributed by atoms with Gasteiger partial charge in [0.05, 0.1) is 5.02 Å². The summed E-state index contributed by atoms with van der Waals surface area (Å²) < 4.78 is 13.2. The van der Waals surface area contributed by atoms with Gasteiger partial charge in [0.15, 0.2) is 0 Å². The molecule has 2 atom stereocenters. The zero-order valence-corrected chi connectivity index (χ0v) is 11.3. The van der Waals surface area contributed by atoms with Gasteiger partial charge < -0.3 is 10.2 Å². The number of hydrogen-bond donors (Lipinski definition) is 1. The highest BCUT2D eigenvalue weighted by atomic mass is 35.5. The van der Waals surface area contributed by atoms with E-state index in [1.165, 1.54) is 31.7 Å². The quantitative estimate of drug-likeness (QED) is 0.886. The Kier molecular flexibility index (Phi) is 3.20. The summed E-state index contributed by atoms with van der Waals surface area (Å²) >= 11 is 5.89. The first-order chi connectivity index (χ1) is 8.69. The van der Waals surface area contributed by atoms with E-state index in [2.05, 4.69) is 10.2 Å². The van der Waals surface area contributed by atoms with Gasteiger partial charge in [-0.05, 0) is 50.9 Å². The molecule has 2 unspecified atom stereocenters. The first-order valence-corrected chi connectivity index (χ1v) is 6.97. The molecule has 98 valence electrons. The minimum absolute atomic E-state index is 0.225. The molecule has 1 aromatic rings. The fraction of sp³-hybridized carbons (Fsp3) is 0.571. The van der Waals surface area contributed by atoms with E-state index >= 15 is 0 Å². The van der Waals surface area contributed by atoms with Crippen LogP contribution in [0.25, 0.3) is 0 Å². The number of hydrogen-bond acceptors (Lipinski definition) is 2. The lowest BCUT2D eigenvalue weighted by Gasteiger charge is -2.40. The van der Waals surface area contributed by atoms with Gasteiger partial charge in [0.25, 0.3) is 0 Å². The van der Waals surface area contributed by atoms with E-state index in [0.717, 1.165) is 5.69 Å². The van der Waals surface area contributed by atoms with E-state index in [0.29, 0.717) is 18.1 Å². The highest BCUT2D eigenvalue weighted by Crippen LogP contribution is 2.40. The van der Waals surface area contributed by atoms with Crippen molar-refractivity contribution in [3.63, 3.8) is 0 Å². The first-order valence-electron chi connectivity index (χ1n) is 6.59. The fourth-order valence-electron chi connectivity index (χ4n) is 3.48. The van der Waals surface area contributed by atoms with Gasteiger partial charge in [-0.2, -0.15) is 0 Å². The normalized spacial score (nSPS) is 30.8. The zero-order valence-electron chi connectivity index (χ0n) is 10.5. The standard InChI is InChI=1S/C14H18ClFN2/c1-17-9-6-10-2-3-11(7-9)18(10)12-4-5-14(16)13(15)8-12/h4-5,8-11,17H,2-3,6-7H2,1H3. The summed E-state index contributed by atoms with van der Waals surface area (Å²) in [6.45, 7) is 0. The smallest absolute Gasteiger partial charge is 0.141 e. The molecule has 1 N–H and O–H groups in total. The number of fused-ring (bicyclic) bond motifs is 2. The number of piperidine rings is 1. The molecule has 2 bridgehead atoms. The summed E-state index contributed by atoms with van der Waals surface area (Å²) in [5.41, 5.74) is 1.07. The number of nitrogens with zero attached hydrogens (tertiary/aromatic N) is 1. The number of anilines is 1. The summed E-state index contributed by atoms with van der Waals surface area (Å²) in [7, 11) is 2.04. The topological polar surface area (TPSA) is 15.3 Å². The van der Waals surface area contributed by atoms with E-state index in [1.807, 2.05) is 13.1 Å². The molecular weight excluding hydrogens is 251 g/mol. The van der Waals surface area contributed by atoms with Gasteiger partial charge in [-0.15, -0.1) is 0 Å². The number of nitrogens with one attached hydrogen (secondary N) is 1. The molecule has 0 aromatic heterocycles. The van der Waals surface area contributed by atoms with Crippen LogP contribution in [0.3, 0.4) is 0 Å². The largest absolute Gasteiger partial charge is 0.365 e. The first kappa shape index (κ1) is 12.2. The van der Waals surface area contributed by atoms with Crippen molar-refractivity contribution in [2.45, 2.75) is 43.8 Å². The van der Waals surface area contributed by atoms with Crippen LogP contribution in [0.1, 0.15) is 25.7 Å². The molecule has 2 aliphatic heterocycles. The van der Waals surface area contributed by atoms with E-state index in [4.69, 9.17) is 11.6 Å². The van der Waals surface area contributed by atoms with E-state index < -0.39 is 0 Å². The van der Waals surface area contributed by atoms with Crippen molar-refractivity contribution in [3.8, 4) is 0 Å². The summed E-state index contributed by atoms with van der Waals surface area (Å²) in [4.78, 5) is 2.44. The average Bonchev–Trinajstić information content (AvgIpc) is 2.64. The van der Waals surface area contributed by atoms with Crippen molar-refractivity contribution >= 4 is 17.3 Å². The Morgan fingerprint density at radius 1 is 1.28 bits per heavy atom. The predicted octanol–water partition coefficient (Wildman–Crippen LogP) is 3.20. The van der Waals surface area contributed by atoms with Crippen LogP contribution in [0, 0.1) is 5.82 Å². The Morgan fingerprint density at radius 3 is 2.50 bits per heavy atom. The molecule has 0 amide bonds. The van der Waals surface area contributed by atoms with Crippen LogP contribution in [-0.2, 0) is 0 Å². The molecule has 2 nitrogen and oxygen atoms in total. The Hall–Kier alpha value is -0.800. The molecular formula is C14H18ClFN2. The zero-order chi connectivity index (χ0) is 12.7. The minimum atomic E-state index is -0.335. The lowest BCUT2D eigenvalue weighted by molar-refractivity contribution is 0.373. The van der Waals surface area contributed by atoms with Crippen LogP contribution in [0.2, 0.25) is 5.02 Å². The highest BCUT2D eigenvalue weighted by Gasteiger charge is 2.40. The van der Waals surface area contributed by atoms with Crippen LogP contribution in [0.5, 0.6) is 0 Å². The van der Waals surface area contributed by atoms with Gasteiger partial charge in [-0.3, -0.25) is 0 Å². The molecule has 3 rings (SSSR count). The molecule has 1 aromatic carbocycles. The van der Waals surface area contributed by atoms with Crippen molar-refractivity contribution in [1.29, 1.82) is 0 Å². The SMILES string of the molecule is CNC1CC2CCC(C1)N2c1ccc(F)c(Cl)c1. The summed E-state index contributed by atoms with van der Waals surface area (Å²) in [5.74, 6) is -0.335.